The Labute approximate surface area is 100 Å². The number of anilines is 1. The fourth-order valence-corrected chi connectivity index (χ4v) is 1.64. The number of hydrogen-bond acceptors (Lipinski definition) is 4. The van der Waals surface area contributed by atoms with Gasteiger partial charge < -0.3 is 10.5 Å². The highest BCUT2D eigenvalue weighted by Gasteiger charge is 2.04. The molecule has 1 heterocycles. The molecular formula is C13H15N3O. The molecule has 1 aromatic heterocycles. The van der Waals surface area contributed by atoms with Gasteiger partial charge in [0.25, 0.3) is 0 Å². The second kappa shape index (κ2) is 4.41. The van der Waals surface area contributed by atoms with Crippen LogP contribution in [-0.4, -0.2) is 9.97 Å². The molecule has 4 nitrogen and oxygen atoms in total. The van der Waals surface area contributed by atoms with Crippen LogP contribution in [0, 0.1) is 20.8 Å². The number of nitrogens with zero attached hydrogens (tertiary/aromatic N) is 2. The minimum absolute atomic E-state index is 0.414. The van der Waals surface area contributed by atoms with E-state index in [1.54, 1.807) is 13.0 Å². The number of aryl methyl sites for hydroxylation is 3. The third-order valence-corrected chi connectivity index (χ3v) is 2.38. The zero-order valence-corrected chi connectivity index (χ0v) is 10.2. The zero-order chi connectivity index (χ0) is 12.4. The Balaban J connectivity index is 2.31. The average molecular weight is 229 g/mol. The number of ether oxygens (including phenoxy) is 1. The molecule has 2 rings (SSSR count). The smallest absolute Gasteiger partial charge is 0.224 e. The normalized spacial score (nSPS) is 10.3. The largest absolute Gasteiger partial charge is 0.439 e. The summed E-state index contributed by atoms with van der Waals surface area (Å²) in [6.45, 7) is 5.83. The molecule has 0 fully saturated rings. The zero-order valence-electron chi connectivity index (χ0n) is 10.2. The number of nitrogens with two attached hydrogens (primary N) is 1. The molecule has 2 N–H and O–H groups in total. The standard InChI is InChI=1S/C13H15N3O/c1-8-4-5-11(9(2)6-8)17-13-7-12(14)15-10(3)16-13/h4-7H,1-3H3,(H2,14,15,16). The van der Waals surface area contributed by atoms with E-state index in [9.17, 15) is 0 Å². The van der Waals surface area contributed by atoms with Gasteiger partial charge in [0, 0.05) is 6.07 Å². The van der Waals surface area contributed by atoms with Gasteiger partial charge in [0.15, 0.2) is 0 Å². The van der Waals surface area contributed by atoms with Gasteiger partial charge in [-0.1, -0.05) is 17.7 Å². The van der Waals surface area contributed by atoms with Gasteiger partial charge in [-0.15, -0.1) is 0 Å². The first-order valence-electron chi connectivity index (χ1n) is 5.41. The van der Waals surface area contributed by atoms with Crippen molar-refractivity contribution in [2.24, 2.45) is 0 Å². The van der Waals surface area contributed by atoms with E-state index in [1.165, 1.54) is 5.56 Å². The van der Waals surface area contributed by atoms with Crippen LogP contribution >= 0.6 is 0 Å². The summed E-state index contributed by atoms with van der Waals surface area (Å²) in [5, 5.41) is 0. The number of aromatic nitrogens is 2. The molecule has 0 spiro atoms. The Bertz CT molecular complexity index is 532. The maximum Gasteiger partial charge on any atom is 0.224 e. The lowest BCUT2D eigenvalue weighted by Gasteiger charge is -2.09. The van der Waals surface area contributed by atoms with Gasteiger partial charge in [-0.2, -0.15) is 4.98 Å². The molecule has 0 aliphatic rings. The molecular weight excluding hydrogens is 214 g/mol. The van der Waals surface area contributed by atoms with Crippen molar-refractivity contribution in [1.29, 1.82) is 0 Å². The highest BCUT2D eigenvalue weighted by molar-refractivity contribution is 5.40. The molecule has 0 atom stereocenters. The molecule has 0 bridgehead atoms. The van der Waals surface area contributed by atoms with Gasteiger partial charge in [-0.05, 0) is 32.4 Å². The van der Waals surface area contributed by atoms with Crippen molar-refractivity contribution < 1.29 is 4.74 Å². The van der Waals surface area contributed by atoms with E-state index in [-0.39, 0.29) is 0 Å². The quantitative estimate of drug-likeness (QED) is 0.860. The third kappa shape index (κ3) is 2.72. The molecule has 0 aliphatic heterocycles. The van der Waals surface area contributed by atoms with Crippen molar-refractivity contribution in [3.05, 3.63) is 41.2 Å². The van der Waals surface area contributed by atoms with E-state index < -0.39 is 0 Å². The van der Waals surface area contributed by atoms with Crippen LogP contribution in [0.1, 0.15) is 17.0 Å². The Hall–Kier alpha value is -2.10. The minimum Gasteiger partial charge on any atom is -0.439 e. The van der Waals surface area contributed by atoms with Crippen molar-refractivity contribution in [1.82, 2.24) is 9.97 Å². The SMILES string of the molecule is Cc1ccc(Oc2cc(N)nc(C)n2)c(C)c1. The maximum absolute atomic E-state index is 5.69. The molecule has 0 aliphatic carbocycles. The Morgan fingerprint density at radius 3 is 2.47 bits per heavy atom. The lowest BCUT2D eigenvalue weighted by atomic mass is 10.1. The summed E-state index contributed by atoms with van der Waals surface area (Å²) in [4.78, 5) is 8.18. The molecule has 0 saturated heterocycles. The number of rotatable bonds is 2. The molecule has 2 aromatic rings. The second-order valence-corrected chi connectivity index (χ2v) is 4.05. The van der Waals surface area contributed by atoms with Crippen LogP contribution in [0.15, 0.2) is 24.3 Å². The molecule has 0 unspecified atom stereocenters. The van der Waals surface area contributed by atoms with Crippen LogP contribution in [0.4, 0.5) is 5.82 Å². The molecule has 88 valence electrons. The Morgan fingerprint density at radius 1 is 1.06 bits per heavy atom. The number of nitrogen functional groups attached to an aromatic ring is 1. The van der Waals surface area contributed by atoms with E-state index in [0.717, 1.165) is 11.3 Å². The Morgan fingerprint density at radius 2 is 1.82 bits per heavy atom. The van der Waals surface area contributed by atoms with Crippen LogP contribution < -0.4 is 10.5 Å². The summed E-state index contributed by atoms with van der Waals surface area (Å²) in [5.74, 6) is 2.28. The molecule has 0 radical (unpaired) electrons. The van der Waals surface area contributed by atoms with Gasteiger partial charge in [0.1, 0.15) is 17.4 Å². The van der Waals surface area contributed by atoms with E-state index in [0.29, 0.717) is 17.5 Å². The van der Waals surface area contributed by atoms with Crippen molar-refractivity contribution in [2.45, 2.75) is 20.8 Å². The predicted octanol–water partition coefficient (Wildman–Crippen LogP) is 2.78. The summed E-state index contributed by atoms with van der Waals surface area (Å²) < 4.78 is 5.69. The summed E-state index contributed by atoms with van der Waals surface area (Å²) in [6, 6.07) is 7.61. The van der Waals surface area contributed by atoms with E-state index in [2.05, 4.69) is 16.0 Å². The molecule has 17 heavy (non-hydrogen) atoms. The highest BCUT2D eigenvalue weighted by atomic mass is 16.5. The van der Waals surface area contributed by atoms with Gasteiger partial charge in [-0.25, -0.2) is 4.98 Å². The molecule has 4 heteroatoms. The topological polar surface area (TPSA) is 61.0 Å². The number of benzene rings is 1. The summed E-state index contributed by atoms with van der Waals surface area (Å²) in [5.41, 5.74) is 7.92. The summed E-state index contributed by atoms with van der Waals surface area (Å²) >= 11 is 0. The van der Waals surface area contributed by atoms with Gasteiger partial charge in [0.2, 0.25) is 5.88 Å². The maximum atomic E-state index is 5.69. The number of hydrogen-bond donors (Lipinski definition) is 1. The lowest BCUT2D eigenvalue weighted by molar-refractivity contribution is 0.457. The van der Waals surface area contributed by atoms with Crippen LogP contribution in [-0.2, 0) is 0 Å². The van der Waals surface area contributed by atoms with Crippen LogP contribution in [0.3, 0.4) is 0 Å². The van der Waals surface area contributed by atoms with E-state index in [1.807, 2.05) is 26.0 Å². The van der Waals surface area contributed by atoms with Crippen molar-refractivity contribution in [3.8, 4) is 11.6 Å². The van der Waals surface area contributed by atoms with Crippen LogP contribution in [0.2, 0.25) is 0 Å². The van der Waals surface area contributed by atoms with Crippen molar-refractivity contribution in [3.63, 3.8) is 0 Å². The van der Waals surface area contributed by atoms with E-state index in [4.69, 9.17) is 10.5 Å². The first-order chi connectivity index (χ1) is 8.04. The molecule has 0 saturated carbocycles. The lowest BCUT2D eigenvalue weighted by Crippen LogP contribution is -1.98. The third-order valence-electron chi connectivity index (χ3n) is 2.38. The first kappa shape index (κ1) is 11.4. The monoisotopic (exact) mass is 229 g/mol. The minimum atomic E-state index is 0.414. The van der Waals surface area contributed by atoms with Gasteiger partial charge >= 0.3 is 0 Å². The predicted molar refractivity (Wildman–Crippen MR) is 67.2 cm³/mol. The van der Waals surface area contributed by atoms with Gasteiger partial charge in [0.05, 0.1) is 0 Å². The van der Waals surface area contributed by atoms with E-state index >= 15 is 0 Å². The first-order valence-corrected chi connectivity index (χ1v) is 5.41. The van der Waals surface area contributed by atoms with Crippen LogP contribution in [0.25, 0.3) is 0 Å². The fourth-order valence-electron chi connectivity index (χ4n) is 1.64. The van der Waals surface area contributed by atoms with Crippen molar-refractivity contribution >= 4 is 5.82 Å². The average Bonchev–Trinajstić information content (AvgIpc) is 2.21. The molecule has 0 amide bonds. The highest BCUT2D eigenvalue weighted by Crippen LogP contribution is 2.25. The molecule has 1 aromatic carbocycles. The van der Waals surface area contributed by atoms with Gasteiger partial charge in [-0.3, -0.25) is 0 Å². The van der Waals surface area contributed by atoms with Crippen LogP contribution in [0.5, 0.6) is 11.6 Å². The van der Waals surface area contributed by atoms with Crippen molar-refractivity contribution in [2.75, 3.05) is 5.73 Å². The second-order valence-electron chi connectivity index (χ2n) is 4.05. The fraction of sp³-hybridized carbons (Fsp3) is 0.231. The Kier molecular flexibility index (Phi) is 2.95. The summed E-state index contributed by atoms with van der Waals surface area (Å²) in [7, 11) is 0. The summed E-state index contributed by atoms with van der Waals surface area (Å²) in [6.07, 6.45) is 0.